The highest BCUT2D eigenvalue weighted by Gasteiger charge is 2.46. The van der Waals surface area contributed by atoms with Crippen LogP contribution in [0.2, 0.25) is 5.02 Å². The number of benzene rings is 2. The van der Waals surface area contributed by atoms with Gasteiger partial charge in [0, 0.05) is 35.9 Å². The topological polar surface area (TPSA) is 112 Å². The fraction of sp³-hybridized carbons (Fsp3) is 0.406. The summed E-state index contributed by atoms with van der Waals surface area (Å²) < 4.78 is 18.7. The number of rotatable bonds is 10. The molecule has 0 radical (unpaired) electrons. The fourth-order valence-electron chi connectivity index (χ4n) is 6.17. The zero-order valence-electron chi connectivity index (χ0n) is 26.0. The van der Waals surface area contributed by atoms with Crippen LogP contribution in [0.4, 0.5) is 34.5 Å². The smallest absolute Gasteiger partial charge is 0.247 e. The summed E-state index contributed by atoms with van der Waals surface area (Å²) in [6, 6.07) is 11.8. The third-order valence-corrected chi connectivity index (χ3v) is 10.5. The molecule has 3 aromatic rings. The Labute approximate surface area is 264 Å². The van der Waals surface area contributed by atoms with Crippen molar-refractivity contribution in [1.82, 2.24) is 14.9 Å². The number of anilines is 6. The summed E-state index contributed by atoms with van der Waals surface area (Å²) in [4.78, 5) is 26.1. The van der Waals surface area contributed by atoms with E-state index in [2.05, 4.69) is 56.4 Å². The van der Waals surface area contributed by atoms with Gasteiger partial charge in [-0.3, -0.25) is 4.79 Å². The fourth-order valence-corrected chi connectivity index (χ4v) is 7.47. The van der Waals surface area contributed by atoms with E-state index in [1.54, 1.807) is 20.4 Å². The standard InChI is InChI=1S/C32H41ClN7O3P/c1-7-29(41)35-24-16-25(27(43-4)17-26(24)40-19-32(20-40)14-12-21(13-15-32)39(2)3)37-31-34-18-22(33)30(38-31)36-23-10-8-9-11-28(23)44(5,6)42/h7-11,16-18,21H,1,12-15,19-20H2,2-6H3,(H,35,41)(H2,34,36,37,38). The number of hydrogen-bond donors (Lipinski definition) is 3. The van der Waals surface area contributed by atoms with Crippen molar-refractivity contribution in [3.05, 3.63) is 60.3 Å². The molecule has 1 aliphatic heterocycles. The predicted octanol–water partition coefficient (Wildman–Crippen LogP) is 6.31. The van der Waals surface area contributed by atoms with Gasteiger partial charge in [0.1, 0.15) is 17.9 Å². The summed E-state index contributed by atoms with van der Waals surface area (Å²) in [6.07, 6.45) is 7.54. The lowest BCUT2D eigenvalue weighted by atomic mass is 9.67. The quantitative estimate of drug-likeness (QED) is 0.174. The Kier molecular flexibility index (Phi) is 9.25. The summed E-state index contributed by atoms with van der Waals surface area (Å²) in [5.41, 5.74) is 3.06. The van der Waals surface area contributed by atoms with Crippen molar-refractivity contribution in [2.24, 2.45) is 5.41 Å². The molecule has 0 atom stereocenters. The lowest BCUT2D eigenvalue weighted by Gasteiger charge is -2.55. The SMILES string of the molecule is C=CC(=O)Nc1cc(Nc2ncc(Cl)c(Nc3ccccc3P(C)(C)=O)n2)c(OC)cc1N1CC2(CCC(N(C)C)CC2)C1. The lowest BCUT2D eigenvalue weighted by Crippen LogP contribution is -2.59. The average molecular weight is 638 g/mol. The minimum Gasteiger partial charge on any atom is -0.494 e. The van der Waals surface area contributed by atoms with Gasteiger partial charge in [0.15, 0.2) is 5.82 Å². The molecule has 44 heavy (non-hydrogen) atoms. The van der Waals surface area contributed by atoms with Crippen LogP contribution in [0.15, 0.2) is 55.3 Å². The number of nitrogens with zero attached hydrogens (tertiary/aromatic N) is 4. The van der Waals surface area contributed by atoms with Gasteiger partial charge >= 0.3 is 0 Å². The normalized spacial score (nSPS) is 16.4. The molecule has 12 heteroatoms. The Bertz CT molecular complexity index is 1590. The average Bonchev–Trinajstić information content (AvgIpc) is 2.97. The molecule has 1 amide bonds. The number of carbonyl (C=O) groups is 1. The minimum absolute atomic E-state index is 0.262. The molecule has 1 spiro atoms. The van der Waals surface area contributed by atoms with E-state index < -0.39 is 7.14 Å². The highest BCUT2D eigenvalue weighted by Crippen LogP contribution is 2.49. The molecular weight excluding hydrogens is 597 g/mol. The Morgan fingerprint density at radius 1 is 1.14 bits per heavy atom. The molecule has 1 saturated heterocycles. The number of amides is 1. The molecule has 1 aliphatic carbocycles. The van der Waals surface area contributed by atoms with Crippen molar-refractivity contribution in [3.63, 3.8) is 0 Å². The summed E-state index contributed by atoms with van der Waals surface area (Å²) in [7, 11) is 3.36. The Balaban J connectivity index is 1.41. The molecule has 0 bridgehead atoms. The maximum Gasteiger partial charge on any atom is 0.247 e. The van der Waals surface area contributed by atoms with Crippen LogP contribution in [0.1, 0.15) is 25.7 Å². The molecule has 10 nitrogen and oxygen atoms in total. The highest BCUT2D eigenvalue weighted by atomic mass is 35.5. The van der Waals surface area contributed by atoms with Crippen molar-refractivity contribution in [1.29, 1.82) is 0 Å². The number of hydrogen-bond acceptors (Lipinski definition) is 9. The molecule has 2 heterocycles. The zero-order chi connectivity index (χ0) is 31.6. The number of nitrogens with one attached hydrogen (secondary N) is 3. The summed E-state index contributed by atoms with van der Waals surface area (Å²) in [5, 5.41) is 10.4. The molecule has 0 unspecified atom stereocenters. The second-order valence-electron chi connectivity index (χ2n) is 12.3. The monoisotopic (exact) mass is 637 g/mol. The first-order valence-corrected chi connectivity index (χ1v) is 17.7. The van der Waals surface area contributed by atoms with Crippen LogP contribution < -0.4 is 30.9 Å². The van der Waals surface area contributed by atoms with E-state index in [0.29, 0.717) is 50.4 Å². The van der Waals surface area contributed by atoms with E-state index in [0.717, 1.165) is 18.8 Å². The first kappa shape index (κ1) is 31.8. The lowest BCUT2D eigenvalue weighted by molar-refractivity contribution is -0.111. The van der Waals surface area contributed by atoms with Crippen molar-refractivity contribution in [3.8, 4) is 5.75 Å². The zero-order valence-corrected chi connectivity index (χ0v) is 27.6. The third-order valence-electron chi connectivity index (χ3n) is 8.63. The summed E-state index contributed by atoms with van der Waals surface area (Å²) in [6.45, 7) is 8.92. The van der Waals surface area contributed by atoms with E-state index in [1.807, 2.05) is 36.4 Å². The molecule has 2 fully saturated rings. The summed E-state index contributed by atoms with van der Waals surface area (Å²) in [5.74, 6) is 0.889. The van der Waals surface area contributed by atoms with Crippen LogP contribution in [0, 0.1) is 5.41 Å². The number of aromatic nitrogens is 2. The third kappa shape index (κ3) is 6.88. The second-order valence-corrected chi connectivity index (χ2v) is 15.9. The summed E-state index contributed by atoms with van der Waals surface area (Å²) >= 11 is 6.46. The maximum atomic E-state index is 12.9. The van der Waals surface area contributed by atoms with Crippen LogP contribution >= 0.6 is 18.7 Å². The van der Waals surface area contributed by atoms with E-state index in [-0.39, 0.29) is 11.9 Å². The van der Waals surface area contributed by atoms with Crippen molar-refractivity contribution >= 4 is 64.5 Å². The van der Waals surface area contributed by atoms with Crippen LogP contribution in [0.25, 0.3) is 0 Å². The number of ether oxygens (including phenoxy) is 1. The minimum atomic E-state index is -2.56. The van der Waals surface area contributed by atoms with Gasteiger partial charge in [0.2, 0.25) is 11.9 Å². The number of methoxy groups -OCH3 is 1. The van der Waals surface area contributed by atoms with Crippen LogP contribution in [-0.2, 0) is 9.36 Å². The first-order valence-electron chi connectivity index (χ1n) is 14.7. The number of halogens is 1. The van der Waals surface area contributed by atoms with Gasteiger partial charge in [-0.05, 0) is 77.4 Å². The Morgan fingerprint density at radius 3 is 2.48 bits per heavy atom. The van der Waals surface area contributed by atoms with Crippen LogP contribution in [0.5, 0.6) is 5.75 Å². The predicted molar refractivity (Wildman–Crippen MR) is 182 cm³/mol. The number of carbonyl (C=O) groups excluding carboxylic acids is 1. The molecule has 5 rings (SSSR count). The van der Waals surface area contributed by atoms with E-state index >= 15 is 0 Å². The van der Waals surface area contributed by atoms with Gasteiger partial charge in [-0.1, -0.05) is 30.3 Å². The van der Waals surface area contributed by atoms with E-state index in [9.17, 15) is 9.36 Å². The van der Waals surface area contributed by atoms with Gasteiger partial charge in [0.05, 0.1) is 36.1 Å². The van der Waals surface area contributed by atoms with E-state index in [1.165, 1.54) is 38.0 Å². The van der Waals surface area contributed by atoms with Crippen LogP contribution in [-0.4, -0.2) is 74.4 Å². The maximum absolute atomic E-state index is 12.9. The van der Waals surface area contributed by atoms with Gasteiger partial charge < -0.3 is 35.1 Å². The largest absolute Gasteiger partial charge is 0.494 e. The van der Waals surface area contributed by atoms with Gasteiger partial charge in [-0.25, -0.2) is 4.98 Å². The Morgan fingerprint density at radius 2 is 1.84 bits per heavy atom. The highest BCUT2D eigenvalue weighted by molar-refractivity contribution is 7.70. The molecule has 2 aliphatic rings. The van der Waals surface area contributed by atoms with Gasteiger partial charge in [-0.15, -0.1) is 0 Å². The van der Waals surface area contributed by atoms with E-state index in [4.69, 9.17) is 16.3 Å². The molecule has 234 valence electrons. The van der Waals surface area contributed by atoms with Gasteiger partial charge in [0.25, 0.3) is 0 Å². The Hall–Kier alpha value is -3.59. The van der Waals surface area contributed by atoms with Crippen molar-refractivity contribution < 1.29 is 14.1 Å². The van der Waals surface area contributed by atoms with Crippen molar-refractivity contribution in [2.75, 3.05) is 68.5 Å². The number of para-hydroxylation sites is 1. The molecule has 1 aromatic heterocycles. The molecule has 3 N–H and O–H groups in total. The molecule has 2 aromatic carbocycles. The van der Waals surface area contributed by atoms with Crippen LogP contribution in [0.3, 0.4) is 0 Å². The molecular formula is C32H41ClN7O3P. The van der Waals surface area contributed by atoms with Crippen molar-refractivity contribution in [2.45, 2.75) is 31.7 Å². The first-order chi connectivity index (χ1) is 20.9. The van der Waals surface area contributed by atoms with Gasteiger partial charge in [-0.2, -0.15) is 4.98 Å². The second kappa shape index (κ2) is 12.8. The molecule has 1 saturated carbocycles.